The normalized spacial score (nSPS) is 20.8. The fourth-order valence-electron chi connectivity index (χ4n) is 3.95. The van der Waals surface area contributed by atoms with Gasteiger partial charge in [0, 0.05) is 11.1 Å². The second-order valence-electron chi connectivity index (χ2n) is 6.99. The van der Waals surface area contributed by atoms with Crippen LogP contribution in [0.2, 0.25) is 0 Å². The fraction of sp³-hybridized carbons (Fsp3) is 0.409. The number of carbonyl (C=O) groups excluding carboxylic acids is 1. The van der Waals surface area contributed by atoms with Crippen LogP contribution in [0.3, 0.4) is 0 Å². The van der Waals surface area contributed by atoms with E-state index in [4.69, 9.17) is 0 Å². The van der Waals surface area contributed by atoms with Crippen LogP contribution in [0.25, 0.3) is 11.1 Å². The first-order valence-corrected chi connectivity index (χ1v) is 9.06. The summed E-state index contributed by atoms with van der Waals surface area (Å²) >= 11 is 0. The Balaban J connectivity index is 1.74. The highest BCUT2D eigenvalue weighted by molar-refractivity contribution is 5.77. The third-order valence-electron chi connectivity index (χ3n) is 5.37. The Labute approximate surface area is 143 Å². The first-order valence-electron chi connectivity index (χ1n) is 9.06. The molecule has 1 nitrogen and oxygen atoms in total. The molecular weight excluding hydrogens is 299 g/mol. The van der Waals surface area contributed by atoms with Crippen molar-refractivity contribution in [2.75, 3.05) is 0 Å². The minimum atomic E-state index is -0.165. The van der Waals surface area contributed by atoms with Crippen LogP contribution in [-0.4, -0.2) is 6.29 Å². The van der Waals surface area contributed by atoms with Gasteiger partial charge in [-0.1, -0.05) is 56.2 Å². The smallest absolute Gasteiger partial charge is 0.150 e. The third kappa shape index (κ3) is 3.75. The maximum atomic E-state index is 14.6. The molecule has 0 saturated heterocycles. The molecule has 2 aromatic rings. The van der Waals surface area contributed by atoms with E-state index in [1.165, 1.54) is 38.5 Å². The molecule has 0 aliphatic heterocycles. The molecule has 126 valence electrons. The zero-order valence-electron chi connectivity index (χ0n) is 14.3. The van der Waals surface area contributed by atoms with Crippen LogP contribution in [0.15, 0.2) is 42.5 Å². The van der Waals surface area contributed by atoms with Gasteiger partial charge in [0.15, 0.2) is 0 Å². The summed E-state index contributed by atoms with van der Waals surface area (Å²) in [6, 6.07) is 12.7. The molecule has 24 heavy (non-hydrogen) atoms. The first-order chi connectivity index (χ1) is 11.7. The van der Waals surface area contributed by atoms with Gasteiger partial charge in [0.1, 0.15) is 12.1 Å². The highest BCUT2D eigenvalue weighted by Crippen LogP contribution is 2.38. The van der Waals surface area contributed by atoms with Gasteiger partial charge in [-0.15, -0.1) is 0 Å². The number of hydrogen-bond acceptors (Lipinski definition) is 1. The molecule has 0 heterocycles. The first kappa shape index (κ1) is 16.9. The Bertz CT molecular complexity index is 682. The topological polar surface area (TPSA) is 17.1 Å². The fourth-order valence-corrected chi connectivity index (χ4v) is 3.95. The van der Waals surface area contributed by atoms with Gasteiger partial charge in [-0.25, -0.2) is 4.39 Å². The second-order valence-corrected chi connectivity index (χ2v) is 6.99. The molecule has 0 atom stereocenters. The van der Waals surface area contributed by atoms with Crippen LogP contribution in [0.4, 0.5) is 4.39 Å². The Morgan fingerprint density at radius 2 is 1.75 bits per heavy atom. The maximum Gasteiger partial charge on any atom is 0.150 e. The highest BCUT2D eigenvalue weighted by Gasteiger charge is 2.22. The van der Waals surface area contributed by atoms with Crippen molar-refractivity contribution in [1.29, 1.82) is 0 Å². The van der Waals surface area contributed by atoms with E-state index in [1.54, 1.807) is 30.3 Å². The zero-order valence-corrected chi connectivity index (χ0v) is 14.3. The van der Waals surface area contributed by atoms with Gasteiger partial charge in [0.2, 0.25) is 0 Å². The Kier molecular flexibility index (Phi) is 5.44. The van der Waals surface area contributed by atoms with E-state index in [2.05, 4.69) is 13.0 Å². The zero-order chi connectivity index (χ0) is 16.9. The molecule has 1 aliphatic rings. The van der Waals surface area contributed by atoms with Crippen molar-refractivity contribution in [2.24, 2.45) is 5.92 Å². The van der Waals surface area contributed by atoms with Crippen molar-refractivity contribution in [2.45, 2.75) is 51.4 Å². The van der Waals surface area contributed by atoms with E-state index in [0.29, 0.717) is 17.0 Å². The molecule has 0 N–H and O–H groups in total. The molecule has 3 rings (SSSR count). The van der Waals surface area contributed by atoms with E-state index in [-0.39, 0.29) is 5.82 Å². The number of halogens is 1. The molecule has 0 bridgehead atoms. The molecule has 0 unspecified atom stereocenters. The molecular formula is C22H25FO. The molecule has 1 fully saturated rings. The number of rotatable bonds is 5. The van der Waals surface area contributed by atoms with Crippen molar-refractivity contribution in [1.82, 2.24) is 0 Å². The summed E-state index contributed by atoms with van der Waals surface area (Å²) in [7, 11) is 0. The number of benzene rings is 2. The predicted molar refractivity (Wildman–Crippen MR) is 96.8 cm³/mol. The van der Waals surface area contributed by atoms with E-state index >= 15 is 0 Å². The Morgan fingerprint density at radius 3 is 2.33 bits per heavy atom. The summed E-state index contributed by atoms with van der Waals surface area (Å²) in [4.78, 5) is 10.7. The SMILES string of the molecule is CCC[C@H]1CC[C@H](c2ccc(-c3ccc(C=O)cc3)c(F)c2)CC1. The molecule has 1 saturated carbocycles. The maximum absolute atomic E-state index is 14.6. The van der Waals surface area contributed by atoms with E-state index in [1.807, 2.05) is 6.07 Å². The van der Waals surface area contributed by atoms with E-state index in [0.717, 1.165) is 23.3 Å². The van der Waals surface area contributed by atoms with Crippen molar-refractivity contribution < 1.29 is 9.18 Å². The average Bonchev–Trinajstić information content (AvgIpc) is 2.63. The van der Waals surface area contributed by atoms with Crippen molar-refractivity contribution in [3.8, 4) is 11.1 Å². The van der Waals surface area contributed by atoms with Gasteiger partial charge in [-0.05, 0) is 54.7 Å². The second kappa shape index (κ2) is 7.74. The van der Waals surface area contributed by atoms with Crippen molar-refractivity contribution >= 4 is 6.29 Å². The number of hydrogen-bond donors (Lipinski definition) is 0. The third-order valence-corrected chi connectivity index (χ3v) is 5.37. The van der Waals surface area contributed by atoms with Crippen LogP contribution < -0.4 is 0 Å². The van der Waals surface area contributed by atoms with Crippen molar-refractivity contribution in [3.05, 3.63) is 59.4 Å². The average molecular weight is 324 g/mol. The lowest BCUT2D eigenvalue weighted by Gasteiger charge is -2.28. The van der Waals surface area contributed by atoms with Gasteiger partial charge in [0.25, 0.3) is 0 Å². The van der Waals surface area contributed by atoms with Gasteiger partial charge in [0.05, 0.1) is 0 Å². The van der Waals surface area contributed by atoms with Gasteiger partial charge in [-0.3, -0.25) is 4.79 Å². The summed E-state index contributed by atoms with van der Waals surface area (Å²) in [5.74, 6) is 1.20. The molecule has 1 aliphatic carbocycles. The van der Waals surface area contributed by atoms with Gasteiger partial charge < -0.3 is 0 Å². The predicted octanol–water partition coefficient (Wildman–Crippen LogP) is 6.38. The molecule has 2 aromatic carbocycles. The summed E-state index contributed by atoms with van der Waals surface area (Å²) in [5.41, 5.74) is 3.17. The molecule has 2 heteroatoms. The number of carbonyl (C=O) groups is 1. The van der Waals surface area contributed by atoms with Crippen LogP contribution in [0.5, 0.6) is 0 Å². The minimum Gasteiger partial charge on any atom is -0.298 e. The van der Waals surface area contributed by atoms with Crippen LogP contribution >= 0.6 is 0 Å². The number of aldehydes is 1. The monoisotopic (exact) mass is 324 g/mol. The Morgan fingerprint density at radius 1 is 1.04 bits per heavy atom. The largest absolute Gasteiger partial charge is 0.298 e. The van der Waals surface area contributed by atoms with Crippen LogP contribution in [0, 0.1) is 11.7 Å². The van der Waals surface area contributed by atoms with Crippen LogP contribution in [0.1, 0.15) is 67.3 Å². The van der Waals surface area contributed by atoms with Gasteiger partial charge >= 0.3 is 0 Å². The van der Waals surface area contributed by atoms with Gasteiger partial charge in [-0.2, -0.15) is 0 Å². The Hall–Kier alpha value is -1.96. The molecule has 0 amide bonds. The summed E-state index contributed by atoms with van der Waals surface area (Å²) in [6.45, 7) is 2.25. The molecule has 0 radical (unpaired) electrons. The quantitative estimate of drug-likeness (QED) is 0.583. The highest BCUT2D eigenvalue weighted by atomic mass is 19.1. The van der Waals surface area contributed by atoms with Crippen molar-refractivity contribution in [3.63, 3.8) is 0 Å². The molecule has 0 spiro atoms. The lowest BCUT2D eigenvalue weighted by molar-refractivity contribution is 0.112. The molecule has 0 aromatic heterocycles. The van der Waals surface area contributed by atoms with Crippen LogP contribution in [-0.2, 0) is 0 Å². The standard InChI is InChI=1S/C22H25FO/c1-2-3-16-4-8-18(9-5-16)20-12-13-21(22(23)14-20)19-10-6-17(15-24)7-11-19/h6-7,10-16,18H,2-5,8-9H2,1H3/t16-,18-. The van der Waals surface area contributed by atoms with E-state index in [9.17, 15) is 9.18 Å². The summed E-state index contributed by atoms with van der Waals surface area (Å²) < 4.78 is 14.6. The summed E-state index contributed by atoms with van der Waals surface area (Å²) in [5, 5.41) is 0. The van der Waals surface area contributed by atoms with E-state index < -0.39 is 0 Å². The lowest BCUT2D eigenvalue weighted by atomic mass is 9.77. The summed E-state index contributed by atoms with van der Waals surface area (Å²) in [6.07, 6.45) is 8.30. The minimum absolute atomic E-state index is 0.165. The lowest BCUT2D eigenvalue weighted by Crippen LogP contribution is -2.13.